The molecule has 8 rings (SSSR count). The van der Waals surface area contributed by atoms with E-state index in [1.165, 1.54) is 10.8 Å². The average molecular weight is 583 g/mol. The predicted molar refractivity (Wildman–Crippen MR) is 184 cm³/mol. The van der Waals surface area contributed by atoms with Gasteiger partial charge in [-0.25, -0.2) is 0 Å². The summed E-state index contributed by atoms with van der Waals surface area (Å²) in [4.78, 5) is 27.3. The van der Waals surface area contributed by atoms with E-state index in [4.69, 9.17) is 0 Å². The molecule has 0 saturated carbocycles. The second-order valence-corrected chi connectivity index (χ2v) is 11.6. The van der Waals surface area contributed by atoms with Crippen LogP contribution in [0.2, 0.25) is 0 Å². The molecule has 4 heteroatoms. The number of rotatable bonds is 6. The highest BCUT2D eigenvalue weighted by atomic mass is 16.1. The lowest BCUT2D eigenvalue weighted by atomic mass is 9.97. The van der Waals surface area contributed by atoms with Gasteiger partial charge in [0.2, 0.25) is 0 Å². The molecular formula is C41H30N2O2. The monoisotopic (exact) mass is 582 g/mol. The van der Waals surface area contributed by atoms with E-state index in [0.29, 0.717) is 22.3 Å². The van der Waals surface area contributed by atoms with Crippen LogP contribution >= 0.6 is 0 Å². The fourth-order valence-corrected chi connectivity index (χ4v) is 6.84. The molecule has 0 unspecified atom stereocenters. The molecule has 6 aromatic carbocycles. The van der Waals surface area contributed by atoms with Crippen molar-refractivity contribution in [3.8, 4) is 5.69 Å². The molecule has 0 spiro atoms. The quantitative estimate of drug-likeness (QED) is 0.183. The zero-order valence-corrected chi connectivity index (χ0v) is 25.1. The summed E-state index contributed by atoms with van der Waals surface area (Å²) in [5, 5.41) is 4.36. The van der Waals surface area contributed by atoms with Crippen LogP contribution in [0.25, 0.3) is 49.3 Å². The number of nitrogens with zero attached hydrogens (tertiary/aromatic N) is 2. The van der Waals surface area contributed by atoms with E-state index in [2.05, 4.69) is 64.6 Å². The molecule has 0 aliphatic carbocycles. The summed E-state index contributed by atoms with van der Waals surface area (Å²) in [5.74, 6) is -0.0295. The lowest BCUT2D eigenvalue weighted by molar-refractivity contribution is 0.103. The zero-order chi connectivity index (χ0) is 30.7. The van der Waals surface area contributed by atoms with E-state index in [1.807, 2.05) is 91.9 Å². The smallest absolute Gasteiger partial charge is 0.193 e. The van der Waals surface area contributed by atoms with Gasteiger partial charge in [0.25, 0.3) is 0 Å². The zero-order valence-electron chi connectivity index (χ0n) is 25.1. The molecule has 8 aromatic rings. The van der Waals surface area contributed by atoms with Gasteiger partial charge in [-0.3, -0.25) is 9.59 Å². The van der Waals surface area contributed by atoms with E-state index < -0.39 is 0 Å². The Morgan fingerprint density at radius 3 is 1.60 bits per heavy atom. The third-order valence-corrected chi connectivity index (χ3v) is 9.06. The van der Waals surface area contributed by atoms with Gasteiger partial charge in [0.1, 0.15) is 0 Å². The number of hydrogen-bond donors (Lipinski definition) is 0. The number of para-hydroxylation sites is 2. The van der Waals surface area contributed by atoms with Crippen molar-refractivity contribution in [1.29, 1.82) is 0 Å². The van der Waals surface area contributed by atoms with E-state index in [1.54, 1.807) is 0 Å². The van der Waals surface area contributed by atoms with Crippen LogP contribution < -0.4 is 0 Å². The van der Waals surface area contributed by atoms with Crippen LogP contribution in [0.5, 0.6) is 0 Å². The maximum atomic E-state index is 13.9. The summed E-state index contributed by atoms with van der Waals surface area (Å²) in [5.41, 5.74) is 8.94. The van der Waals surface area contributed by atoms with Crippen LogP contribution in [-0.4, -0.2) is 20.7 Å². The van der Waals surface area contributed by atoms with Gasteiger partial charge in [0, 0.05) is 67.1 Å². The van der Waals surface area contributed by atoms with Crippen LogP contribution in [-0.2, 0) is 6.54 Å². The summed E-state index contributed by atoms with van der Waals surface area (Å²) in [7, 11) is 0. The highest BCUT2D eigenvalue weighted by molar-refractivity contribution is 6.17. The normalized spacial score (nSPS) is 11.6. The summed E-state index contributed by atoms with van der Waals surface area (Å²) in [6, 6.07) is 44.2. The van der Waals surface area contributed by atoms with E-state index >= 15 is 0 Å². The molecular weight excluding hydrogens is 552 g/mol. The van der Waals surface area contributed by atoms with Gasteiger partial charge in [-0.1, -0.05) is 60.7 Å². The third kappa shape index (κ3) is 4.21. The van der Waals surface area contributed by atoms with Crippen LogP contribution in [0.4, 0.5) is 0 Å². The number of fused-ring (bicyclic) bond motifs is 6. The van der Waals surface area contributed by atoms with Gasteiger partial charge < -0.3 is 9.13 Å². The van der Waals surface area contributed by atoms with Crippen LogP contribution in [0.15, 0.2) is 133 Å². The number of benzene rings is 6. The van der Waals surface area contributed by atoms with Crippen LogP contribution in [0.1, 0.15) is 44.3 Å². The van der Waals surface area contributed by atoms with Crippen LogP contribution in [0, 0.1) is 6.92 Å². The second kappa shape index (κ2) is 10.5. The Kier molecular flexibility index (Phi) is 6.24. The fourth-order valence-electron chi connectivity index (χ4n) is 6.84. The summed E-state index contributed by atoms with van der Waals surface area (Å²) < 4.78 is 4.49. The van der Waals surface area contributed by atoms with Gasteiger partial charge in [-0.15, -0.1) is 0 Å². The molecule has 0 bridgehead atoms. The first-order chi connectivity index (χ1) is 22.0. The average Bonchev–Trinajstić information content (AvgIpc) is 3.59. The highest BCUT2D eigenvalue weighted by Crippen LogP contribution is 2.34. The molecule has 0 fully saturated rings. The lowest BCUT2D eigenvalue weighted by Gasteiger charge is -2.09. The Hall–Kier alpha value is -5.74. The first-order valence-electron chi connectivity index (χ1n) is 15.3. The largest absolute Gasteiger partial charge is 0.341 e. The molecule has 0 amide bonds. The molecule has 0 N–H and O–H groups in total. The maximum Gasteiger partial charge on any atom is 0.193 e. The Labute approximate surface area is 260 Å². The molecule has 4 nitrogen and oxygen atoms in total. The van der Waals surface area contributed by atoms with Gasteiger partial charge in [-0.05, 0) is 92.2 Å². The Morgan fingerprint density at radius 2 is 1.02 bits per heavy atom. The molecule has 216 valence electrons. The number of carbonyl (C=O) groups excluding carboxylic acids is 2. The number of carbonyl (C=O) groups is 2. The highest BCUT2D eigenvalue weighted by Gasteiger charge is 2.18. The molecule has 0 atom stereocenters. The number of hydrogen-bond acceptors (Lipinski definition) is 2. The standard InChI is InChI=1S/C41H30N2O2/c1-3-42-36-22-18-28(24-34(36)35-25-29(19-23-37(35)42)41(45)31-11-5-4-10-26(31)2)40(44)27-16-20-30(21-17-27)43-38-14-8-6-12-32(38)33-13-7-9-15-39(33)43/h4-25H,3H2,1-2H3. The number of ketones is 2. The minimum absolute atomic E-state index is 0.00275. The minimum Gasteiger partial charge on any atom is -0.341 e. The Morgan fingerprint density at radius 1 is 0.511 bits per heavy atom. The van der Waals surface area contributed by atoms with Crippen LogP contribution in [0.3, 0.4) is 0 Å². The SMILES string of the molecule is CCn1c2ccc(C(=O)c3ccc(-n4c5ccccc5c5ccccc54)cc3)cc2c2cc(C(=O)c3ccccc3C)ccc21. The molecule has 2 aromatic heterocycles. The van der Waals surface area contributed by atoms with E-state index in [0.717, 1.165) is 50.6 Å². The van der Waals surface area contributed by atoms with Crippen molar-refractivity contribution in [2.24, 2.45) is 0 Å². The Balaban J connectivity index is 1.19. The summed E-state index contributed by atoms with van der Waals surface area (Å²) in [6.07, 6.45) is 0. The predicted octanol–water partition coefficient (Wildman–Crippen LogP) is 9.68. The summed E-state index contributed by atoms with van der Waals surface area (Å²) in [6.45, 7) is 4.85. The second-order valence-electron chi connectivity index (χ2n) is 11.6. The van der Waals surface area contributed by atoms with Crippen molar-refractivity contribution < 1.29 is 9.59 Å². The molecule has 45 heavy (non-hydrogen) atoms. The van der Waals surface area contributed by atoms with Gasteiger partial charge in [0.05, 0.1) is 11.0 Å². The molecule has 0 aliphatic rings. The molecule has 0 radical (unpaired) electrons. The molecule has 0 saturated heterocycles. The van der Waals surface area contributed by atoms with Crippen molar-refractivity contribution in [3.63, 3.8) is 0 Å². The molecule has 2 heterocycles. The maximum absolute atomic E-state index is 13.9. The first-order valence-corrected chi connectivity index (χ1v) is 15.3. The number of aryl methyl sites for hydroxylation is 2. The Bertz CT molecular complexity index is 2410. The van der Waals surface area contributed by atoms with Crippen molar-refractivity contribution in [3.05, 3.63) is 161 Å². The number of aromatic nitrogens is 2. The lowest BCUT2D eigenvalue weighted by Crippen LogP contribution is -2.03. The summed E-state index contributed by atoms with van der Waals surface area (Å²) >= 11 is 0. The fraction of sp³-hybridized carbons (Fsp3) is 0.0732. The van der Waals surface area contributed by atoms with Gasteiger partial charge in [0.15, 0.2) is 11.6 Å². The minimum atomic E-state index is -0.0322. The molecule has 0 aliphatic heterocycles. The first kappa shape index (κ1) is 26.9. The van der Waals surface area contributed by atoms with Crippen molar-refractivity contribution in [2.75, 3.05) is 0 Å². The van der Waals surface area contributed by atoms with Gasteiger partial charge in [-0.2, -0.15) is 0 Å². The van der Waals surface area contributed by atoms with Crippen molar-refractivity contribution in [2.45, 2.75) is 20.4 Å². The van der Waals surface area contributed by atoms with E-state index in [-0.39, 0.29) is 11.6 Å². The topological polar surface area (TPSA) is 44.0 Å². The third-order valence-electron chi connectivity index (χ3n) is 9.06. The van der Waals surface area contributed by atoms with Crippen molar-refractivity contribution in [1.82, 2.24) is 9.13 Å². The van der Waals surface area contributed by atoms with Gasteiger partial charge >= 0.3 is 0 Å². The van der Waals surface area contributed by atoms with E-state index in [9.17, 15) is 9.59 Å². The van der Waals surface area contributed by atoms with Crippen molar-refractivity contribution >= 4 is 55.2 Å².